The second-order valence-corrected chi connectivity index (χ2v) is 8.10. The number of hydrogen-bond donors (Lipinski definition) is 2. The van der Waals surface area contributed by atoms with E-state index in [1.54, 1.807) is 0 Å². The molecular weight excluding hydrogens is 372 g/mol. The van der Waals surface area contributed by atoms with Crippen molar-refractivity contribution in [1.82, 2.24) is 14.7 Å². The zero-order valence-corrected chi connectivity index (χ0v) is 17.3. The Bertz CT molecular complexity index is 625. The van der Waals surface area contributed by atoms with E-state index in [1.165, 1.54) is 0 Å². The van der Waals surface area contributed by atoms with Crippen LogP contribution in [0.25, 0.3) is 0 Å². The number of hydrogen-bond acceptors (Lipinski definition) is 8. The molecule has 0 aliphatic carbocycles. The fraction of sp³-hybridized carbons (Fsp3) is 0.714. The molecule has 0 spiro atoms. The molecule has 0 amide bonds. The Kier molecular flexibility index (Phi) is 7.23. The molecule has 4 rings (SSSR count). The highest BCUT2D eigenvalue weighted by atomic mass is 16.5. The SMILES string of the molecule is Nc1c(CN2CCOCC2)cc(CN2CCOCC2)c(O)c1CN1CCOCC1. The Morgan fingerprint density at radius 3 is 1.59 bits per heavy atom. The Morgan fingerprint density at radius 2 is 1.10 bits per heavy atom. The molecule has 0 unspecified atom stereocenters. The minimum Gasteiger partial charge on any atom is -0.507 e. The lowest BCUT2D eigenvalue weighted by Gasteiger charge is -2.31. The van der Waals surface area contributed by atoms with Crippen LogP contribution in [0.15, 0.2) is 6.07 Å². The minimum absolute atomic E-state index is 0.353. The highest BCUT2D eigenvalue weighted by Gasteiger charge is 2.23. The number of phenolic OH excluding ortho intramolecular Hbond substituents is 1. The van der Waals surface area contributed by atoms with Crippen LogP contribution in [-0.2, 0) is 33.8 Å². The quantitative estimate of drug-likeness (QED) is 0.660. The molecule has 1 aromatic carbocycles. The number of morpholine rings is 3. The van der Waals surface area contributed by atoms with Crippen LogP contribution in [0.4, 0.5) is 5.69 Å². The van der Waals surface area contributed by atoms with Crippen molar-refractivity contribution in [2.45, 2.75) is 19.6 Å². The van der Waals surface area contributed by atoms with Gasteiger partial charge in [-0.15, -0.1) is 0 Å². The second kappa shape index (κ2) is 10.1. The summed E-state index contributed by atoms with van der Waals surface area (Å²) < 4.78 is 16.4. The number of nitrogen functional groups attached to an aromatic ring is 1. The van der Waals surface area contributed by atoms with E-state index in [0.717, 1.165) is 114 Å². The topological polar surface area (TPSA) is 83.7 Å². The lowest BCUT2D eigenvalue weighted by Crippen LogP contribution is -2.37. The first-order valence-electron chi connectivity index (χ1n) is 10.7. The summed E-state index contributed by atoms with van der Waals surface area (Å²) in [7, 11) is 0. The van der Waals surface area contributed by atoms with Crippen LogP contribution in [-0.4, -0.2) is 98.7 Å². The van der Waals surface area contributed by atoms with Crippen LogP contribution < -0.4 is 5.73 Å². The van der Waals surface area contributed by atoms with Gasteiger partial charge in [0.15, 0.2) is 0 Å². The Morgan fingerprint density at radius 1 is 0.690 bits per heavy atom. The number of anilines is 1. The predicted molar refractivity (Wildman–Crippen MR) is 111 cm³/mol. The van der Waals surface area contributed by atoms with Crippen molar-refractivity contribution in [2.24, 2.45) is 0 Å². The summed E-state index contributed by atoms with van der Waals surface area (Å²) >= 11 is 0. The summed E-state index contributed by atoms with van der Waals surface area (Å²) in [6.45, 7) is 12.0. The monoisotopic (exact) mass is 406 g/mol. The second-order valence-electron chi connectivity index (χ2n) is 8.10. The molecule has 0 bridgehead atoms. The average molecular weight is 407 g/mol. The predicted octanol–water partition coefficient (Wildman–Crippen LogP) is 0.471. The minimum atomic E-state index is 0.353. The number of aromatic hydroxyl groups is 1. The molecule has 8 nitrogen and oxygen atoms in total. The summed E-state index contributed by atoms with van der Waals surface area (Å²) in [4.78, 5) is 7.03. The van der Waals surface area contributed by atoms with Crippen LogP contribution in [0.5, 0.6) is 5.75 Å². The molecule has 3 aliphatic rings. The molecule has 8 heteroatoms. The van der Waals surface area contributed by atoms with Gasteiger partial charge in [-0.25, -0.2) is 0 Å². The lowest BCUT2D eigenvalue weighted by molar-refractivity contribution is 0.0322. The van der Waals surface area contributed by atoms with E-state index < -0.39 is 0 Å². The molecule has 3 aliphatic heterocycles. The molecule has 162 valence electrons. The first-order valence-corrected chi connectivity index (χ1v) is 10.7. The van der Waals surface area contributed by atoms with Gasteiger partial charge in [-0.05, 0) is 11.6 Å². The van der Waals surface area contributed by atoms with Gasteiger partial charge >= 0.3 is 0 Å². The fourth-order valence-corrected chi connectivity index (χ4v) is 4.27. The standard InChI is InChI=1S/C21H34N4O4/c22-20-17(14-23-1-7-27-8-2-23)13-18(15-24-3-9-28-10-4-24)21(26)19(20)16-25-5-11-29-12-6-25/h13,26H,1-12,14-16,22H2. The average Bonchev–Trinajstić information content (AvgIpc) is 2.77. The van der Waals surface area contributed by atoms with Crippen molar-refractivity contribution in [3.05, 3.63) is 22.8 Å². The molecule has 0 saturated carbocycles. The van der Waals surface area contributed by atoms with Gasteiger partial charge in [0.05, 0.1) is 39.6 Å². The normalized spacial score (nSPS) is 22.8. The van der Waals surface area contributed by atoms with Crippen LogP contribution >= 0.6 is 0 Å². The van der Waals surface area contributed by atoms with Crippen molar-refractivity contribution in [3.8, 4) is 5.75 Å². The zero-order chi connectivity index (χ0) is 20.1. The maximum atomic E-state index is 11.1. The van der Waals surface area contributed by atoms with E-state index >= 15 is 0 Å². The van der Waals surface area contributed by atoms with E-state index in [-0.39, 0.29) is 0 Å². The molecule has 29 heavy (non-hydrogen) atoms. The van der Waals surface area contributed by atoms with E-state index in [2.05, 4.69) is 20.8 Å². The molecule has 1 aromatic rings. The number of nitrogens with zero attached hydrogens (tertiary/aromatic N) is 3. The van der Waals surface area contributed by atoms with Gasteiger partial charge in [0, 0.05) is 75.7 Å². The van der Waals surface area contributed by atoms with Crippen molar-refractivity contribution in [3.63, 3.8) is 0 Å². The Labute approximate surface area is 173 Å². The fourth-order valence-electron chi connectivity index (χ4n) is 4.27. The molecule has 3 N–H and O–H groups in total. The largest absolute Gasteiger partial charge is 0.507 e. The van der Waals surface area contributed by atoms with Gasteiger partial charge in [-0.3, -0.25) is 14.7 Å². The third-order valence-electron chi connectivity index (χ3n) is 6.09. The summed E-state index contributed by atoms with van der Waals surface area (Å²) in [5, 5.41) is 11.1. The summed E-state index contributed by atoms with van der Waals surface area (Å²) in [6.07, 6.45) is 0. The van der Waals surface area contributed by atoms with Gasteiger partial charge in [0.25, 0.3) is 0 Å². The number of benzene rings is 1. The lowest BCUT2D eigenvalue weighted by atomic mass is 9.99. The van der Waals surface area contributed by atoms with Gasteiger partial charge in [0.2, 0.25) is 0 Å². The number of rotatable bonds is 6. The Hall–Kier alpha value is -1.42. The third-order valence-corrected chi connectivity index (χ3v) is 6.09. The van der Waals surface area contributed by atoms with Crippen molar-refractivity contribution < 1.29 is 19.3 Å². The number of ether oxygens (including phenoxy) is 3. The third kappa shape index (κ3) is 5.39. The molecule has 3 heterocycles. The van der Waals surface area contributed by atoms with Gasteiger partial charge in [0.1, 0.15) is 5.75 Å². The smallest absolute Gasteiger partial charge is 0.126 e. The van der Waals surface area contributed by atoms with Crippen LogP contribution in [0.2, 0.25) is 0 Å². The first-order chi connectivity index (χ1) is 14.2. The van der Waals surface area contributed by atoms with E-state index in [0.29, 0.717) is 12.3 Å². The first kappa shape index (κ1) is 20.8. The van der Waals surface area contributed by atoms with Crippen LogP contribution in [0.1, 0.15) is 16.7 Å². The highest BCUT2D eigenvalue weighted by molar-refractivity contribution is 5.62. The van der Waals surface area contributed by atoms with Gasteiger partial charge in [-0.1, -0.05) is 0 Å². The summed E-state index contributed by atoms with van der Waals surface area (Å²) in [5.41, 5.74) is 10.3. The molecule has 0 atom stereocenters. The summed E-state index contributed by atoms with van der Waals surface area (Å²) in [6, 6.07) is 2.11. The van der Waals surface area contributed by atoms with Gasteiger partial charge < -0.3 is 25.1 Å². The molecular formula is C21H34N4O4. The summed E-state index contributed by atoms with van der Waals surface area (Å²) in [5.74, 6) is 0.353. The number of phenols is 1. The zero-order valence-electron chi connectivity index (χ0n) is 17.3. The van der Waals surface area contributed by atoms with Crippen LogP contribution in [0.3, 0.4) is 0 Å². The van der Waals surface area contributed by atoms with Crippen molar-refractivity contribution >= 4 is 5.69 Å². The van der Waals surface area contributed by atoms with E-state index in [1.807, 2.05) is 0 Å². The molecule has 0 aromatic heterocycles. The van der Waals surface area contributed by atoms with Gasteiger partial charge in [-0.2, -0.15) is 0 Å². The molecule has 3 fully saturated rings. The van der Waals surface area contributed by atoms with Crippen molar-refractivity contribution in [2.75, 3.05) is 84.6 Å². The van der Waals surface area contributed by atoms with Crippen molar-refractivity contribution in [1.29, 1.82) is 0 Å². The van der Waals surface area contributed by atoms with E-state index in [4.69, 9.17) is 19.9 Å². The number of nitrogens with two attached hydrogens (primary N) is 1. The maximum absolute atomic E-state index is 11.1. The highest BCUT2D eigenvalue weighted by Crippen LogP contribution is 2.34. The molecule has 0 radical (unpaired) electrons. The van der Waals surface area contributed by atoms with E-state index in [9.17, 15) is 5.11 Å². The van der Waals surface area contributed by atoms with Crippen LogP contribution in [0, 0.1) is 0 Å². The Balaban J connectivity index is 1.59. The maximum Gasteiger partial charge on any atom is 0.126 e. The molecule has 3 saturated heterocycles.